The van der Waals surface area contributed by atoms with Crippen LogP contribution in [0, 0.1) is 0 Å². The van der Waals surface area contributed by atoms with Gasteiger partial charge in [0.1, 0.15) is 12.1 Å². The second-order valence-electron chi connectivity index (χ2n) is 4.12. The largest absolute Gasteiger partial charge is 0.439 e. The third kappa shape index (κ3) is 2.10. The van der Waals surface area contributed by atoms with Gasteiger partial charge in [-0.15, -0.1) is 0 Å². The van der Waals surface area contributed by atoms with E-state index in [1.165, 1.54) is 17.5 Å². The molecule has 0 fully saturated rings. The molecule has 0 unspecified atom stereocenters. The summed E-state index contributed by atoms with van der Waals surface area (Å²) >= 11 is 0. The van der Waals surface area contributed by atoms with Gasteiger partial charge < -0.3 is 10.5 Å². The van der Waals surface area contributed by atoms with Gasteiger partial charge in [-0.2, -0.15) is 0 Å². The third-order valence-corrected chi connectivity index (χ3v) is 2.88. The molecule has 0 saturated carbocycles. The van der Waals surface area contributed by atoms with E-state index in [9.17, 15) is 0 Å². The van der Waals surface area contributed by atoms with Crippen LogP contribution in [-0.2, 0) is 13.0 Å². The number of rotatable bonds is 3. The van der Waals surface area contributed by atoms with Crippen molar-refractivity contribution in [2.75, 3.05) is 0 Å². The lowest BCUT2D eigenvalue weighted by Crippen LogP contribution is -2.00. The Balaban J connectivity index is 1.84. The van der Waals surface area contributed by atoms with E-state index < -0.39 is 0 Å². The predicted octanol–water partition coefficient (Wildman–Crippen LogP) is 2.30. The number of benzene rings is 1. The van der Waals surface area contributed by atoms with Crippen molar-refractivity contribution in [1.29, 1.82) is 0 Å². The smallest absolute Gasteiger partial charge is 0.222 e. The van der Waals surface area contributed by atoms with E-state index >= 15 is 0 Å². The van der Waals surface area contributed by atoms with Crippen LogP contribution in [0.3, 0.4) is 0 Å². The molecule has 0 atom stereocenters. The molecule has 0 aliphatic heterocycles. The average Bonchev–Trinajstić information content (AvgIpc) is 2.86. The lowest BCUT2D eigenvalue weighted by molar-refractivity contribution is 0.459. The molecule has 1 aliphatic rings. The molecule has 0 spiro atoms. The molecule has 3 rings (SSSR count). The Morgan fingerprint density at radius 3 is 3.06 bits per heavy atom. The van der Waals surface area contributed by atoms with E-state index in [0.29, 0.717) is 12.4 Å². The van der Waals surface area contributed by atoms with Gasteiger partial charge >= 0.3 is 0 Å². The summed E-state index contributed by atoms with van der Waals surface area (Å²) < 4.78 is 5.71. The van der Waals surface area contributed by atoms with Crippen molar-refractivity contribution in [2.24, 2.45) is 5.73 Å². The predicted molar refractivity (Wildman–Crippen MR) is 69.2 cm³/mol. The van der Waals surface area contributed by atoms with Gasteiger partial charge in [-0.05, 0) is 29.7 Å². The quantitative estimate of drug-likeness (QED) is 0.892. The van der Waals surface area contributed by atoms with E-state index in [4.69, 9.17) is 10.5 Å². The third-order valence-electron chi connectivity index (χ3n) is 2.88. The lowest BCUT2D eigenvalue weighted by Gasteiger charge is -2.07. The van der Waals surface area contributed by atoms with Gasteiger partial charge in [-0.1, -0.05) is 18.2 Å². The van der Waals surface area contributed by atoms with Crippen molar-refractivity contribution in [3.05, 3.63) is 53.5 Å². The normalized spacial score (nSPS) is 12.5. The Kier molecular flexibility index (Phi) is 2.78. The van der Waals surface area contributed by atoms with E-state index in [2.05, 4.69) is 28.2 Å². The first kappa shape index (κ1) is 10.9. The van der Waals surface area contributed by atoms with Crippen LogP contribution in [0.15, 0.2) is 36.7 Å². The maximum atomic E-state index is 5.71. The maximum absolute atomic E-state index is 5.71. The molecule has 1 aliphatic carbocycles. The van der Waals surface area contributed by atoms with Crippen LogP contribution in [0.4, 0.5) is 0 Å². The number of hydrogen-bond donors (Lipinski definition) is 1. The highest BCUT2D eigenvalue weighted by Crippen LogP contribution is 2.26. The molecule has 1 aromatic heterocycles. The first-order valence-electron chi connectivity index (χ1n) is 5.83. The van der Waals surface area contributed by atoms with Gasteiger partial charge in [-0.3, -0.25) is 0 Å². The number of allylic oxidation sites excluding steroid dienone is 1. The maximum Gasteiger partial charge on any atom is 0.222 e. The zero-order valence-corrected chi connectivity index (χ0v) is 9.84. The Labute approximate surface area is 105 Å². The molecule has 18 heavy (non-hydrogen) atoms. The minimum Gasteiger partial charge on any atom is -0.439 e. The summed E-state index contributed by atoms with van der Waals surface area (Å²) in [5.74, 6) is 1.32. The minimum absolute atomic E-state index is 0.382. The van der Waals surface area contributed by atoms with Gasteiger partial charge in [0.05, 0.1) is 5.69 Å². The van der Waals surface area contributed by atoms with Gasteiger partial charge in [0, 0.05) is 12.6 Å². The fourth-order valence-corrected chi connectivity index (χ4v) is 1.96. The Morgan fingerprint density at radius 2 is 2.17 bits per heavy atom. The fourth-order valence-electron chi connectivity index (χ4n) is 1.96. The zero-order chi connectivity index (χ0) is 12.4. The van der Waals surface area contributed by atoms with Crippen LogP contribution in [0.2, 0.25) is 0 Å². The van der Waals surface area contributed by atoms with Crippen molar-refractivity contribution in [2.45, 2.75) is 13.0 Å². The minimum atomic E-state index is 0.382. The topological polar surface area (TPSA) is 61.0 Å². The van der Waals surface area contributed by atoms with E-state index in [-0.39, 0.29) is 0 Å². The number of nitrogens with two attached hydrogens (primary N) is 1. The van der Waals surface area contributed by atoms with Crippen LogP contribution in [0.1, 0.15) is 16.8 Å². The van der Waals surface area contributed by atoms with Crippen LogP contribution in [0.5, 0.6) is 11.6 Å². The average molecular weight is 239 g/mol. The number of nitrogens with zero attached hydrogens (tertiary/aromatic N) is 2. The van der Waals surface area contributed by atoms with E-state index in [1.54, 1.807) is 6.07 Å². The monoisotopic (exact) mass is 239 g/mol. The summed E-state index contributed by atoms with van der Waals surface area (Å²) in [5.41, 5.74) is 8.83. The molecule has 0 radical (unpaired) electrons. The molecule has 0 saturated heterocycles. The summed E-state index contributed by atoms with van der Waals surface area (Å²) in [6.45, 7) is 0.382. The number of ether oxygens (including phenoxy) is 1. The fraction of sp³-hybridized carbons (Fsp3) is 0.143. The first-order valence-corrected chi connectivity index (χ1v) is 5.83. The van der Waals surface area contributed by atoms with Crippen molar-refractivity contribution < 1.29 is 4.74 Å². The van der Waals surface area contributed by atoms with Crippen LogP contribution >= 0.6 is 0 Å². The summed E-state index contributed by atoms with van der Waals surface area (Å²) in [6.07, 6.45) is 6.69. The summed E-state index contributed by atoms with van der Waals surface area (Å²) in [7, 11) is 0. The molecular formula is C14H13N3O. The van der Waals surface area contributed by atoms with Crippen LogP contribution in [0.25, 0.3) is 6.08 Å². The summed E-state index contributed by atoms with van der Waals surface area (Å²) in [6, 6.07) is 7.79. The number of fused-ring (bicyclic) bond motifs is 1. The molecular weight excluding hydrogens is 226 g/mol. The van der Waals surface area contributed by atoms with Crippen molar-refractivity contribution >= 4 is 6.08 Å². The highest BCUT2D eigenvalue weighted by molar-refractivity contribution is 5.61. The zero-order valence-electron chi connectivity index (χ0n) is 9.84. The van der Waals surface area contributed by atoms with Gasteiger partial charge in [-0.25, -0.2) is 9.97 Å². The van der Waals surface area contributed by atoms with Gasteiger partial charge in [0.25, 0.3) is 0 Å². The summed E-state index contributed by atoms with van der Waals surface area (Å²) in [5, 5.41) is 0. The second kappa shape index (κ2) is 4.58. The number of aromatic nitrogens is 2. The molecule has 4 heteroatoms. The van der Waals surface area contributed by atoms with E-state index in [1.807, 2.05) is 12.1 Å². The standard InChI is InChI=1S/C14H13N3O/c15-8-12-7-14(17-9-16-12)18-13-5-4-10-2-1-3-11(10)6-13/h1-2,4-7,9H,3,8,15H2. The highest BCUT2D eigenvalue weighted by atomic mass is 16.5. The number of hydrogen-bond acceptors (Lipinski definition) is 4. The first-order chi connectivity index (χ1) is 8.85. The molecule has 2 aromatic rings. The Hall–Kier alpha value is -2.20. The van der Waals surface area contributed by atoms with Gasteiger partial charge in [0.2, 0.25) is 5.88 Å². The molecule has 1 aromatic carbocycles. The molecule has 0 amide bonds. The molecule has 90 valence electrons. The molecule has 4 nitrogen and oxygen atoms in total. The van der Waals surface area contributed by atoms with Crippen LogP contribution < -0.4 is 10.5 Å². The van der Waals surface area contributed by atoms with Crippen molar-refractivity contribution in [1.82, 2.24) is 9.97 Å². The molecule has 1 heterocycles. The Bertz CT molecular complexity index is 608. The SMILES string of the molecule is NCc1cc(Oc2ccc3c(c2)CC=C3)ncn1. The van der Waals surface area contributed by atoms with E-state index in [0.717, 1.165) is 17.9 Å². The lowest BCUT2D eigenvalue weighted by atomic mass is 10.1. The molecule has 2 N–H and O–H groups in total. The Morgan fingerprint density at radius 1 is 1.22 bits per heavy atom. The highest BCUT2D eigenvalue weighted by Gasteiger charge is 2.07. The molecule has 0 bridgehead atoms. The second-order valence-corrected chi connectivity index (χ2v) is 4.12. The van der Waals surface area contributed by atoms with Crippen molar-refractivity contribution in [3.8, 4) is 11.6 Å². The summed E-state index contributed by atoms with van der Waals surface area (Å²) in [4.78, 5) is 8.10. The van der Waals surface area contributed by atoms with Crippen LogP contribution in [-0.4, -0.2) is 9.97 Å². The van der Waals surface area contributed by atoms with Crippen molar-refractivity contribution in [3.63, 3.8) is 0 Å². The van der Waals surface area contributed by atoms with Gasteiger partial charge in [0.15, 0.2) is 0 Å².